The molecule has 1 aromatic rings. The van der Waals surface area contributed by atoms with Gasteiger partial charge in [-0.25, -0.2) is 5.53 Å². The van der Waals surface area contributed by atoms with Crippen LogP contribution in [0.15, 0.2) is 17.4 Å². The van der Waals surface area contributed by atoms with Gasteiger partial charge >= 0.3 is 0 Å². The van der Waals surface area contributed by atoms with Crippen molar-refractivity contribution < 1.29 is 0 Å². The van der Waals surface area contributed by atoms with Crippen molar-refractivity contribution in [1.29, 1.82) is 5.53 Å². The molecule has 0 saturated heterocycles. The van der Waals surface area contributed by atoms with E-state index in [-0.39, 0.29) is 0 Å². The monoisotopic (exact) mass is 110 g/mol. The Morgan fingerprint density at radius 2 is 2.50 bits per heavy atom. The lowest BCUT2D eigenvalue weighted by atomic mass is 10.5. The van der Waals surface area contributed by atoms with Crippen molar-refractivity contribution in [2.75, 3.05) is 5.73 Å². The SMILES string of the molecule is N=Nc1[nH]ccc1N. The van der Waals surface area contributed by atoms with Crippen LogP contribution < -0.4 is 5.73 Å². The summed E-state index contributed by atoms with van der Waals surface area (Å²) in [4.78, 5) is 2.68. The van der Waals surface area contributed by atoms with Crippen molar-refractivity contribution in [2.45, 2.75) is 0 Å². The van der Waals surface area contributed by atoms with Crippen LogP contribution in [0.1, 0.15) is 0 Å². The Morgan fingerprint density at radius 3 is 2.75 bits per heavy atom. The number of hydrogen-bond donors (Lipinski definition) is 3. The highest BCUT2D eigenvalue weighted by Gasteiger charge is 1.92. The molecule has 4 heteroatoms. The van der Waals surface area contributed by atoms with Gasteiger partial charge in [0.2, 0.25) is 0 Å². The molecule has 1 rings (SSSR count). The van der Waals surface area contributed by atoms with Crippen molar-refractivity contribution in [3.63, 3.8) is 0 Å². The number of H-pyrrole nitrogens is 1. The first-order valence-electron chi connectivity index (χ1n) is 2.15. The Bertz CT molecular complexity index is 190. The highest BCUT2D eigenvalue weighted by atomic mass is 15.1. The molecular formula is C4H6N4. The zero-order valence-corrected chi connectivity index (χ0v) is 4.18. The summed E-state index contributed by atoms with van der Waals surface area (Å²) in [6, 6.07) is 1.66. The number of hydrogen-bond acceptors (Lipinski definition) is 3. The molecule has 0 aliphatic heterocycles. The standard InChI is InChI=1S/C4H6N4/c5-3-1-2-7-4(3)8-6/h1-2,6-7H,5H2. The number of nitrogens with zero attached hydrogens (tertiary/aromatic N) is 1. The maximum atomic E-state index is 6.51. The molecule has 8 heavy (non-hydrogen) atoms. The molecule has 1 heterocycles. The molecular weight excluding hydrogens is 104 g/mol. The summed E-state index contributed by atoms with van der Waals surface area (Å²) >= 11 is 0. The molecule has 0 aliphatic rings. The topological polar surface area (TPSA) is 78.0 Å². The highest BCUT2D eigenvalue weighted by Crippen LogP contribution is 2.16. The van der Waals surface area contributed by atoms with Gasteiger partial charge in [0, 0.05) is 6.20 Å². The molecule has 0 aliphatic carbocycles. The van der Waals surface area contributed by atoms with Crippen LogP contribution in [-0.4, -0.2) is 4.98 Å². The predicted octanol–water partition coefficient (Wildman–Crippen LogP) is 1.26. The fourth-order valence-electron chi connectivity index (χ4n) is 0.469. The smallest absolute Gasteiger partial charge is 0.175 e. The maximum absolute atomic E-state index is 6.51. The maximum Gasteiger partial charge on any atom is 0.175 e. The number of aromatic amines is 1. The van der Waals surface area contributed by atoms with E-state index in [2.05, 4.69) is 10.1 Å². The Hall–Kier alpha value is -1.32. The number of aromatic nitrogens is 1. The van der Waals surface area contributed by atoms with Gasteiger partial charge in [0.25, 0.3) is 0 Å². The van der Waals surface area contributed by atoms with E-state index in [0.717, 1.165) is 0 Å². The summed E-state index contributed by atoms with van der Waals surface area (Å²) in [6.45, 7) is 0. The molecule has 0 unspecified atom stereocenters. The summed E-state index contributed by atoms with van der Waals surface area (Å²) in [5, 5.41) is 3.10. The molecule has 1 aromatic heterocycles. The van der Waals surface area contributed by atoms with Crippen LogP contribution in [0.25, 0.3) is 0 Å². The fraction of sp³-hybridized carbons (Fsp3) is 0. The van der Waals surface area contributed by atoms with E-state index < -0.39 is 0 Å². The van der Waals surface area contributed by atoms with E-state index in [1.807, 2.05) is 0 Å². The normalized spacial score (nSPS) is 9.00. The number of anilines is 1. The van der Waals surface area contributed by atoms with Crippen LogP contribution in [0.5, 0.6) is 0 Å². The van der Waals surface area contributed by atoms with Crippen molar-refractivity contribution in [3.05, 3.63) is 12.3 Å². The molecule has 0 atom stereocenters. The Labute approximate surface area is 46.2 Å². The first-order chi connectivity index (χ1) is 3.84. The van der Waals surface area contributed by atoms with Crippen LogP contribution in [0.3, 0.4) is 0 Å². The van der Waals surface area contributed by atoms with Gasteiger partial charge in [0.05, 0.1) is 5.69 Å². The van der Waals surface area contributed by atoms with Gasteiger partial charge in [0.1, 0.15) is 0 Å². The number of nitrogens with two attached hydrogens (primary N) is 1. The second kappa shape index (κ2) is 1.65. The van der Waals surface area contributed by atoms with Gasteiger partial charge in [-0.15, -0.1) is 5.11 Å². The summed E-state index contributed by atoms with van der Waals surface area (Å²) in [7, 11) is 0. The van der Waals surface area contributed by atoms with E-state index in [4.69, 9.17) is 11.3 Å². The molecule has 0 amide bonds. The lowest BCUT2D eigenvalue weighted by molar-refractivity contribution is 1.11. The molecule has 4 nitrogen and oxygen atoms in total. The van der Waals surface area contributed by atoms with E-state index in [0.29, 0.717) is 11.5 Å². The molecule has 0 fully saturated rings. The lowest BCUT2D eigenvalue weighted by Gasteiger charge is -1.82. The molecule has 42 valence electrons. The average Bonchev–Trinajstić information content (AvgIpc) is 2.14. The molecule has 0 spiro atoms. The van der Waals surface area contributed by atoms with Gasteiger partial charge in [-0.05, 0) is 6.07 Å². The van der Waals surface area contributed by atoms with Crippen LogP contribution >= 0.6 is 0 Å². The minimum absolute atomic E-state index is 0.421. The van der Waals surface area contributed by atoms with Crippen LogP contribution in [0, 0.1) is 5.53 Å². The third kappa shape index (κ3) is 0.556. The van der Waals surface area contributed by atoms with Crippen LogP contribution in [-0.2, 0) is 0 Å². The van der Waals surface area contributed by atoms with E-state index in [1.165, 1.54) is 0 Å². The molecule has 0 radical (unpaired) electrons. The first-order valence-corrected chi connectivity index (χ1v) is 2.15. The second-order valence-electron chi connectivity index (χ2n) is 1.39. The third-order valence-corrected chi connectivity index (χ3v) is 0.868. The molecule has 4 N–H and O–H groups in total. The lowest BCUT2D eigenvalue weighted by Crippen LogP contribution is -1.78. The predicted molar refractivity (Wildman–Crippen MR) is 30.0 cm³/mol. The van der Waals surface area contributed by atoms with Crippen LogP contribution in [0.2, 0.25) is 0 Å². The van der Waals surface area contributed by atoms with E-state index in [1.54, 1.807) is 12.3 Å². The second-order valence-corrected chi connectivity index (χ2v) is 1.39. The fourth-order valence-corrected chi connectivity index (χ4v) is 0.469. The van der Waals surface area contributed by atoms with E-state index in [9.17, 15) is 0 Å². The quantitative estimate of drug-likeness (QED) is 0.467. The molecule has 0 bridgehead atoms. The minimum Gasteiger partial charge on any atom is -0.396 e. The van der Waals surface area contributed by atoms with E-state index >= 15 is 0 Å². The number of rotatable bonds is 1. The van der Waals surface area contributed by atoms with Crippen molar-refractivity contribution in [2.24, 2.45) is 5.11 Å². The van der Waals surface area contributed by atoms with Gasteiger partial charge in [0.15, 0.2) is 5.82 Å². The first kappa shape index (κ1) is 4.83. The number of nitrogen functional groups attached to an aromatic ring is 1. The zero-order chi connectivity index (χ0) is 5.98. The highest BCUT2D eigenvalue weighted by molar-refractivity contribution is 5.56. The molecule has 0 saturated carbocycles. The summed E-state index contributed by atoms with van der Waals surface area (Å²) in [6.07, 6.45) is 1.64. The van der Waals surface area contributed by atoms with Gasteiger partial charge in [-0.3, -0.25) is 0 Å². The summed E-state index contributed by atoms with van der Waals surface area (Å²) in [5.41, 5.74) is 12.3. The van der Waals surface area contributed by atoms with Crippen molar-refractivity contribution in [1.82, 2.24) is 4.98 Å². The summed E-state index contributed by atoms with van der Waals surface area (Å²) in [5.74, 6) is 0.421. The summed E-state index contributed by atoms with van der Waals surface area (Å²) < 4.78 is 0. The molecule has 0 aromatic carbocycles. The van der Waals surface area contributed by atoms with Gasteiger partial charge in [-0.1, -0.05) is 0 Å². The minimum atomic E-state index is 0.421. The zero-order valence-electron chi connectivity index (χ0n) is 4.18. The Balaban J connectivity index is 3.09. The third-order valence-electron chi connectivity index (χ3n) is 0.868. The Kier molecular flexibility index (Phi) is 0.997. The van der Waals surface area contributed by atoms with Crippen molar-refractivity contribution >= 4 is 11.5 Å². The van der Waals surface area contributed by atoms with Gasteiger partial charge in [-0.2, -0.15) is 0 Å². The largest absolute Gasteiger partial charge is 0.396 e. The van der Waals surface area contributed by atoms with Gasteiger partial charge < -0.3 is 10.7 Å². The van der Waals surface area contributed by atoms with Crippen molar-refractivity contribution in [3.8, 4) is 0 Å². The Morgan fingerprint density at radius 1 is 1.75 bits per heavy atom. The number of nitrogens with one attached hydrogen (secondary N) is 2. The average molecular weight is 110 g/mol. The van der Waals surface area contributed by atoms with Crippen LogP contribution in [0.4, 0.5) is 11.5 Å².